The summed E-state index contributed by atoms with van der Waals surface area (Å²) in [5, 5.41) is 3.74. The van der Waals surface area contributed by atoms with Gasteiger partial charge in [0.2, 0.25) is 0 Å². The second-order valence-electron chi connectivity index (χ2n) is 6.67. The molecule has 3 rings (SSSR count). The van der Waals surface area contributed by atoms with E-state index in [-0.39, 0.29) is 0 Å². The zero-order valence-electron chi connectivity index (χ0n) is 13.5. The van der Waals surface area contributed by atoms with Crippen LogP contribution in [0.4, 0.5) is 0 Å². The normalized spacial score (nSPS) is 23.0. The summed E-state index contributed by atoms with van der Waals surface area (Å²) in [6, 6.07) is 15.8. The van der Waals surface area contributed by atoms with Gasteiger partial charge in [-0.15, -0.1) is 0 Å². The van der Waals surface area contributed by atoms with Crippen molar-refractivity contribution in [2.75, 3.05) is 13.1 Å². The van der Waals surface area contributed by atoms with E-state index in [4.69, 9.17) is 4.42 Å². The lowest BCUT2D eigenvalue weighted by Crippen LogP contribution is -2.52. The minimum atomic E-state index is 0.412. The van der Waals surface area contributed by atoms with Crippen LogP contribution in [0, 0.1) is 5.92 Å². The van der Waals surface area contributed by atoms with Gasteiger partial charge in [-0.05, 0) is 30.0 Å². The van der Waals surface area contributed by atoms with E-state index >= 15 is 0 Å². The highest BCUT2D eigenvalue weighted by molar-refractivity contribution is 5.20. The summed E-state index contributed by atoms with van der Waals surface area (Å²) < 4.78 is 5.57. The molecule has 3 heteroatoms. The second kappa shape index (κ2) is 7.12. The highest BCUT2D eigenvalue weighted by atomic mass is 16.3. The molecule has 2 unspecified atom stereocenters. The number of nitrogens with one attached hydrogen (secondary N) is 1. The van der Waals surface area contributed by atoms with Crippen LogP contribution in [-0.2, 0) is 6.54 Å². The van der Waals surface area contributed by atoms with Crippen molar-refractivity contribution in [1.82, 2.24) is 10.2 Å². The summed E-state index contributed by atoms with van der Waals surface area (Å²) >= 11 is 0. The third-order valence-corrected chi connectivity index (χ3v) is 4.37. The first-order chi connectivity index (χ1) is 10.7. The molecule has 22 heavy (non-hydrogen) atoms. The van der Waals surface area contributed by atoms with Gasteiger partial charge in [0.15, 0.2) is 0 Å². The lowest BCUT2D eigenvalue weighted by molar-refractivity contribution is 0.106. The van der Waals surface area contributed by atoms with Crippen LogP contribution in [-0.4, -0.2) is 24.0 Å². The Balaban J connectivity index is 1.76. The number of hydrogen-bond donors (Lipinski definition) is 1. The predicted molar refractivity (Wildman–Crippen MR) is 89.5 cm³/mol. The molecule has 2 heterocycles. The molecule has 0 radical (unpaired) electrons. The van der Waals surface area contributed by atoms with E-state index in [2.05, 4.69) is 60.5 Å². The lowest BCUT2D eigenvalue weighted by Gasteiger charge is -2.41. The molecule has 1 aromatic heterocycles. The summed E-state index contributed by atoms with van der Waals surface area (Å²) in [5.74, 6) is 1.77. The number of furan rings is 1. The summed E-state index contributed by atoms with van der Waals surface area (Å²) in [6.07, 6.45) is 2.98. The van der Waals surface area contributed by atoms with Crippen molar-refractivity contribution in [2.45, 2.75) is 38.9 Å². The number of hydrogen-bond acceptors (Lipinski definition) is 3. The highest BCUT2D eigenvalue weighted by Gasteiger charge is 2.29. The number of piperazine rings is 1. The summed E-state index contributed by atoms with van der Waals surface area (Å²) in [4.78, 5) is 2.55. The molecular formula is C19H26N2O. The van der Waals surface area contributed by atoms with Crippen LogP contribution >= 0.6 is 0 Å². The van der Waals surface area contributed by atoms with Gasteiger partial charge in [-0.1, -0.05) is 44.2 Å². The smallest absolute Gasteiger partial charge is 0.117 e. The number of rotatable bonds is 5. The monoisotopic (exact) mass is 298 g/mol. The molecule has 0 saturated carbocycles. The first-order valence-corrected chi connectivity index (χ1v) is 8.27. The van der Waals surface area contributed by atoms with Crippen LogP contribution in [0.5, 0.6) is 0 Å². The Morgan fingerprint density at radius 3 is 2.68 bits per heavy atom. The van der Waals surface area contributed by atoms with Crippen molar-refractivity contribution < 1.29 is 4.42 Å². The molecule has 0 bridgehead atoms. The van der Waals surface area contributed by atoms with Gasteiger partial charge in [-0.25, -0.2) is 0 Å². The quantitative estimate of drug-likeness (QED) is 0.909. The Hall–Kier alpha value is -1.58. The fraction of sp³-hybridized carbons (Fsp3) is 0.474. The van der Waals surface area contributed by atoms with Crippen molar-refractivity contribution in [3.63, 3.8) is 0 Å². The molecule has 1 aliphatic rings. The number of nitrogens with zero attached hydrogens (tertiary/aromatic N) is 1. The van der Waals surface area contributed by atoms with Gasteiger partial charge in [-0.3, -0.25) is 4.90 Å². The van der Waals surface area contributed by atoms with Crippen molar-refractivity contribution in [3.8, 4) is 0 Å². The fourth-order valence-corrected chi connectivity index (χ4v) is 3.39. The molecule has 0 aliphatic carbocycles. The Morgan fingerprint density at radius 2 is 2.00 bits per heavy atom. The number of benzene rings is 1. The van der Waals surface area contributed by atoms with Crippen LogP contribution < -0.4 is 5.32 Å². The first-order valence-electron chi connectivity index (χ1n) is 8.27. The molecule has 1 saturated heterocycles. The van der Waals surface area contributed by atoms with Gasteiger partial charge in [0.25, 0.3) is 0 Å². The van der Waals surface area contributed by atoms with Crippen molar-refractivity contribution in [2.24, 2.45) is 5.92 Å². The van der Waals surface area contributed by atoms with Crippen LogP contribution in [0.1, 0.15) is 37.6 Å². The van der Waals surface area contributed by atoms with Gasteiger partial charge < -0.3 is 9.73 Å². The summed E-state index contributed by atoms with van der Waals surface area (Å²) in [7, 11) is 0. The van der Waals surface area contributed by atoms with Gasteiger partial charge in [-0.2, -0.15) is 0 Å². The lowest BCUT2D eigenvalue weighted by atomic mass is 9.96. The van der Waals surface area contributed by atoms with Crippen LogP contribution in [0.15, 0.2) is 53.1 Å². The maximum absolute atomic E-state index is 5.57. The predicted octanol–water partition coefficient (Wildman–Crippen LogP) is 3.84. The standard InChI is InChI=1S/C19H26N2O/c1-15(2)11-17-13-21(14-18-9-6-10-22-18)19(12-20-17)16-7-4-3-5-8-16/h3-10,15,17,19-20H,11-14H2,1-2H3. The van der Waals surface area contributed by atoms with E-state index in [1.54, 1.807) is 6.26 Å². The molecule has 1 aromatic carbocycles. The first kappa shape index (κ1) is 15.3. The molecular weight excluding hydrogens is 272 g/mol. The van der Waals surface area contributed by atoms with E-state index in [0.717, 1.165) is 31.3 Å². The Kier molecular flexibility index (Phi) is 4.96. The Morgan fingerprint density at radius 1 is 1.18 bits per heavy atom. The van der Waals surface area contributed by atoms with Gasteiger partial charge in [0.1, 0.15) is 5.76 Å². The molecule has 0 spiro atoms. The highest BCUT2D eigenvalue weighted by Crippen LogP contribution is 2.27. The fourth-order valence-electron chi connectivity index (χ4n) is 3.39. The third-order valence-electron chi connectivity index (χ3n) is 4.37. The SMILES string of the molecule is CC(C)CC1CN(Cc2ccco2)C(c2ccccc2)CN1. The van der Waals surface area contributed by atoms with E-state index in [0.29, 0.717) is 12.1 Å². The molecule has 118 valence electrons. The molecule has 1 N–H and O–H groups in total. The maximum atomic E-state index is 5.57. The molecule has 3 nitrogen and oxygen atoms in total. The van der Waals surface area contributed by atoms with Gasteiger partial charge >= 0.3 is 0 Å². The molecule has 2 atom stereocenters. The molecule has 1 aliphatic heterocycles. The van der Waals surface area contributed by atoms with Crippen LogP contribution in [0.3, 0.4) is 0 Å². The van der Waals surface area contributed by atoms with Crippen molar-refractivity contribution in [1.29, 1.82) is 0 Å². The molecule has 1 fully saturated rings. The van der Waals surface area contributed by atoms with E-state index in [1.807, 2.05) is 6.07 Å². The maximum Gasteiger partial charge on any atom is 0.117 e. The van der Waals surface area contributed by atoms with Crippen molar-refractivity contribution >= 4 is 0 Å². The van der Waals surface area contributed by atoms with Crippen LogP contribution in [0.2, 0.25) is 0 Å². The largest absolute Gasteiger partial charge is 0.468 e. The van der Waals surface area contributed by atoms with Gasteiger partial charge in [0.05, 0.1) is 12.8 Å². The molecule has 2 aromatic rings. The minimum Gasteiger partial charge on any atom is -0.468 e. The molecule has 0 amide bonds. The van der Waals surface area contributed by atoms with E-state index < -0.39 is 0 Å². The third kappa shape index (κ3) is 3.79. The second-order valence-corrected chi connectivity index (χ2v) is 6.67. The zero-order valence-corrected chi connectivity index (χ0v) is 13.5. The Bertz CT molecular complexity index is 550. The average molecular weight is 298 g/mol. The average Bonchev–Trinajstić information content (AvgIpc) is 3.01. The summed E-state index contributed by atoms with van der Waals surface area (Å²) in [5.41, 5.74) is 1.38. The van der Waals surface area contributed by atoms with E-state index in [1.165, 1.54) is 12.0 Å². The topological polar surface area (TPSA) is 28.4 Å². The zero-order chi connectivity index (χ0) is 15.4. The van der Waals surface area contributed by atoms with E-state index in [9.17, 15) is 0 Å². The van der Waals surface area contributed by atoms with Crippen molar-refractivity contribution in [3.05, 3.63) is 60.1 Å². The Labute approximate surface area is 133 Å². The minimum absolute atomic E-state index is 0.412. The van der Waals surface area contributed by atoms with Crippen LogP contribution in [0.25, 0.3) is 0 Å². The summed E-state index contributed by atoms with van der Waals surface area (Å²) in [6.45, 7) is 7.53. The van der Waals surface area contributed by atoms with Gasteiger partial charge in [0, 0.05) is 25.2 Å².